The lowest BCUT2D eigenvalue weighted by molar-refractivity contribution is 0.669. The first-order valence-electron chi connectivity index (χ1n) is 4.24. The van der Waals surface area contributed by atoms with Crippen LogP contribution >= 0.6 is 15.9 Å². The average molecular weight is 232 g/mol. The molecule has 1 aromatic rings. The molecule has 0 aromatic carbocycles. The van der Waals surface area contributed by atoms with Gasteiger partial charge in [0.15, 0.2) is 0 Å². The fourth-order valence-electron chi connectivity index (χ4n) is 1.25. The lowest BCUT2D eigenvalue weighted by atomic mass is 10.3. The monoisotopic (exact) mass is 231 g/mol. The highest BCUT2D eigenvalue weighted by Gasteiger charge is 2.05. The van der Waals surface area contributed by atoms with Gasteiger partial charge in [-0.1, -0.05) is 15.9 Å². The molecule has 0 radical (unpaired) electrons. The van der Waals surface area contributed by atoms with Crippen LogP contribution < -0.4 is 0 Å². The molecule has 1 aromatic heterocycles. The minimum absolute atomic E-state index is 0.969. The Hall–Kier alpha value is -0.380. The third-order valence-corrected chi connectivity index (χ3v) is 2.42. The molecule has 0 saturated heterocycles. The highest BCUT2D eigenvalue weighted by molar-refractivity contribution is 9.09. The minimum Gasteiger partial charge on any atom is -0.316 e. The van der Waals surface area contributed by atoms with Crippen LogP contribution in [-0.2, 0) is 13.0 Å². The van der Waals surface area contributed by atoms with E-state index in [-0.39, 0.29) is 0 Å². The Labute approximate surface area is 81.3 Å². The van der Waals surface area contributed by atoms with Crippen molar-refractivity contribution in [1.29, 1.82) is 0 Å². The van der Waals surface area contributed by atoms with Crippen LogP contribution in [0, 0.1) is 6.92 Å². The number of nitrogens with zero attached hydrogens (tertiary/aromatic N) is 3. The molecule has 0 fully saturated rings. The Morgan fingerprint density at radius 1 is 1.42 bits per heavy atom. The van der Waals surface area contributed by atoms with E-state index in [0.29, 0.717) is 0 Å². The Balaban J connectivity index is 2.70. The first-order valence-corrected chi connectivity index (χ1v) is 5.36. The molecule has 0 aliphatic carbocycles. The summed E-state index contributed by atoms with van der Waals surface area (Å²) in [5.74, 6) is 2.12. The summed E-state index contributed by atoms with van der Waals surface area (Å²) in [5, 5.41) is 9.18. The van der Waals surface area contributed by atoms with E-state index in [9.17, 15) is 0 Å². The van der Waals surface area contributed by atoms with Crippen LogP contribution in [0.1, 0.15) is 25.0 Å². The molecule has 0 N–H and O–H groups in total. The van der Waals surface area contributed by atoms with Gasteiger partial charge >= 0.3 is 0 Å². The SMILES string of the molecule is CCn1c(C)nnc1CCCBr. The van der Waals surface area contributed by atoms with Crippen molar-refractivity contribution in [2.24, 2.45) is 0 Å². The fourth-order valence-corrected chi connectivity index (χ4v) is 1.53. The molecule has 3 nitrogen and oxygen atoms in total. The molecule has 0 bridgehead atoms. The van der Waals surface area contributed by atoms with E-state index in [1.165, 1.54) is 0 Å². The quantitative estimate of drug-likeness (QED) is 0.742. The largest absolute Gasteiger partial charge is 0.316 e. The molecule has 0 atom stereocenters. The van der Waals surface area contributed by atoms with E-state index in [1.54, 1.807) is 0 Å². The third kappa shape index (κ3) is 2.06. The average Bonchev–Trinajstić information content (AvgIpc) is 2.43. The van der Waals surface area contributed by atoms with Crippen molar-refractivity contribution >= 4 is 15.9 Å². The van der Waals surface area contributed by atoms with Gasteiger partial charge in [0.1, 0.15) is 11.6 Å². The molecule has 0 spiro atoms. The molecule has 4 heteroatoms. The maximum absolute atomic E-state index is 4.12. The Bertz CT molecular complexity index is 244. The topological polar surface area (TPSA) is 30.7 Å². The van der Waals surface area contributed by atoms with Crippen molar-refractivity contribution in [2.75, 3.05) is 5.33 Å². The highest BCUT2D eigenvalue weighted by atomic mass is 79.9. The first kappa shape index (κ1) is 9.71. The molecule has 1 heterocycles. The molecule has 0 saturated carbocycles. The molecular weight excluding hydrogens is 218 g/mol. The van der Waals surface area contributed by atoms with Gasteiger partial charge < -0.3 is 4.57 Å². The minimum atomic E-state index is 0.969. The van der Waals surface area contributed by atoms with Crippen molar-refractivity contribution in [3.8, 4) is 0 Å². The standard InChI is InChI=1S/C8H14BrN3/c1-3-12-7(2)10-11-8(12)5-4-6-9/h3-6H2,1-2H3. The van der Waals surface area contributed by atoms with Gasteiger partial charge in [-0.3, -0.25) is 0 Å². The summed E-state index contributed by atoms with van der Waals surface area (Å²) in [6.45, 7) is 5.08. The molecule has 68 valence electrons. The number of hydrogen-bond donors (Lipinski definition) is 0. The maximum atomic E-state index is 4.12. The van der Waals surface area contributed by atoms with Crippen LogP contribution in [0.4, 0.5) is 0 Å². The summed E-state index contributed by atoms with van der Waals surface area (Å²) in [7, 11) is 0. The summed E-state index contributed by atoms with van der Waals surface area (Å²) in [6.07, 6.45) is 2.14. The van der Waals surface area contributed by atoms with E-state index >= 15 is 0 Å². The molecule has 1 rings (SSSR count). The lowest BCUT2D eigenvalue weighted by Gasteiger charge is -2.03. The highest BCUT2D eigenvalue weighted by Crippen LogP contribution is 2.04. The lowest BCUT2D eigenvalue weighted by Crippen LogP contribution is -2.03. The summed E-state index contributed by atoms with van der Waals surface area (Å²) in [4.78, 5) is 0. The van der Waals surface area contributed by atoms with Gasteiger partial charge in [-0.2, -0.15) is 0 Å². The van der Waals surface area contributed by atoms with Crippen molar-refractivity contribution in [1.82, 2.24) is 14.8 Å². The van der Waals surface area contributed by atoms with Gasteiger partial charge in [0.2, 0.25) is 0 Å². The molecule has 0 unspecified atom stereocenters. The molecular formula is C8H14BrN3. The van der Waals surface area contributed by atoms with Crippen molar-refractivity contribution in [3.05, 3.63) is 11.6 Å². The third-order valence-electron chi connectivity index (χ3n) is 1.86. The van der Waals surface area contributed by atoms with E-state index < -0.39 is 0 Å². The maximum Gasteiger partial charge on any atom is 0.133 e. The summed E-state index contributed by atoms with van der Waals surface area (Å²) < 4.78 is 2.16. The Kier molecular flexibility index (Phi) is 3.72. The second-order valence-corrected chi connectivity index (χ2v) is 3.49. The molecule has 0 aliphatic rings. The smallest absolute Gasteiger partial charge is 0.133 e. The summed E-state index contributed by atoms with van der Waals surface area (Å²) >= 11 is 3.40. The number of rotatable bonds is 4. The zero-order valence-electron chi connectivity index (χ0n) is 7.55. The van der Waals surface area contributed by atoms with E-state index in [4.69, 9.17) is 0 Å². The second-order valence-electron chi connectivity index (χ2n) is 2.70. The number of aromatic nitrogens is 3. The van der Waals surface area contributed by atoms with Crippen LogP contribution in [0.15, 0.2) is 0 Å². The molecule has 0 amide bonds. The normalized spacial score (nSPS) is 10.6. The number of alkyl halides is 1. The zero-order valence-corrected chi connectivity index (χ0v) is 9.13. The van der Waals surface area contributed by atoms with Crippen LogP contribution in [0.2, 0.25) is 0 Å². The number of aryl methyl sites for hydroxylation is 2. The van der Waals surface area contributed by atoms with Crippen molar-refractivity contribution in [3.63, 3.8) is 0 Å². The van der Waals surface area contributed by atoms with E-state index in [1.807, 2.05) is 6.92 Å². The predicted molar refractivity (Wildman–Crippen MR) is 52.5 cm³/mol. The number of halogens is 1. The van der Waals surface area contributed by atoms with Crippen LogP contribution in [0.5, 0.6) is 0 Å². The van der Waals surface area contributed by atoms with Crippen LogP contribution in [0.3, 0.4) is 0 Å². The fraction of sp³-hybridized carbons (Fsp3) is 0.750. The zero-order chi connectivity index (χ0) is 8.97. The second kappa shape index (κ2) is 4.60. The van der Waals surface area contributed by atoms with Crippen molar-refractivity contribution in [2.45, 2.75) is 33.2 Å². The molecule has 12 heavy (non-hydrogen) atoms. The van der Waals surface area contributed by atoms with Gasteiger partial charge in [-0.25, -0.2) is 0 Å². The van der Waals surface area contributed by atoms with Crippen molar-refractivity contribution < 1.29 is 0 Å². The predicted octanol–water partition coefficient (Wildman–Crippen LogP) is 1.93. The Morgan fingerprint density at radius 3 is 2.75 bits per heavy atom. The number of hydrogen-bond acceptors (Lipinski definition) is 2. The first-order chi connectivity index (χ1) is 5.79. The summed E-state index contributed by atoms with van der Waals surface area (Å²) in [6, 6.07) is 0. The van der Waals surface area contributed by atoms with Gasteiger partial charge in [0.25, 0.3) is 0 Å². The van der Waals surface area contributed by atoms with Gasteiger partial charge in [0, 0.05) is 18.3 Å². The Morgan fingerprint density at radius 2 is 2.17 bits per heavy atom. The van der Waals surface area contributed by atoms with Gasteiger partial charge in [-0.05, 0) is 20.3 Å². The van der Waals surface area contributed by atoms with E-state index in [2.05, 4.69) is 37.6 Å². The summed E-state index contributed by atoms with van der Waals surface area (Å²) in [5.41, 5.74) is 0. The molecule has 0 aliphatic heterocycles. The van der Waals surface area contributed by atoms with Crippen LogP contribution in [0.25, 0.3) is 0 Å². The van der Waals surface area contributed by atoms with Crippen LogP contribution in [-0.4, -0.2) is 20.1 Å². The van der Waals surface area contributed by atoms with Gasteiger partial charge in [-0.15, -0.1) is 10.2 Å². The van der Waals surface area contributed by atoms with Gasteiger partial charge in [0.05, 0.1) is 0 Å². The van der Waals surface area contributed by atoms with E-state index in [0.717, 1.165) is 36.4 Å².